The average molecular weight is 354 g/mol. The standard InChI is InChI=1S/C21H26N2O3/c24-20(22-11-12-23-13-15-25-16-14-23)17-26-21(18-7-3-1-4-8-18)19-9-5-2-6-10-19/h1-10,21H,11-17H2,(H,22,24). The van der Waals surface area contributed by atoms with Crippen molar-refractivity contribution < 1.29 is 14.3 Å². The van der Waals surface area contributed by atoms with E-state index in [0.717, 1.165) is 44.0 Å². The fourth-order valence-corrected chi connectivity index (χ4v) is 3.03. The van der Waals surface area contributed by atoms with Gasteiger partial charge < -0.3 is 14.8 Å². The Kier molecular flexibility index (Phi) is 7.19. The Morgan fingerprint density at radius 3 is 2.15 bits per heavy atom. The molecular weight excluding hydrogens is 328 g/mol. The lowest BCUT2D eigenvalue weighted by molar-refractivity contribution is -0.127. The predicted octanol–water partition coefficient (Wildman–Crippen LogP) is 2.24. The van der Waals surface area contributed by atoms with Crippen LogP contribution in [0.25, 0.3) is 0 Å². The van der Waals surface area contributed by atoms with Gasteiger partial charge in [0.25, 0.3) is 0 Å². The van der Waals surface area contributed by atoms with Gasteiger partial charge in [0, 0.05) is 26.2 Å². The van der Waals surface area contributed by atoms with Crippen LogP contribution in [-0.4, -0.2) is 56.8 Å². The van der Waals surface area contributed by atoms with Crippen LogP contribution in [0, 0.1) is 0 Å². The van der Waals surface area contributed by atoms with Crippen molar-refractivity contribution in [3.05, 3.63) is 71.8 Å². The first-order valence-corrected chi connectivity index (χ1v) is 9.11. The molecule has 0 saturated carbocycles. The number of carbonyl (C=O) groups is 1. The van der Waals surface area contributed by atoms with E-state index in [-0.39, 0.29) is 18.6 Å². The molecule has 0 radical (unpaired) electrons. The second kappa shape index (κ2) is 10.1. The van der Waals surface area contributed by atoms with Gasteiger partial charge in [-0.1, -0.05) is 60.7 Å². The topological polar surface area (TPSA) is 50.8 Å². The molecule has 1 fully saturated rings. The smallest absolute Gasteiger partial charge is 0.246 e. The molecule has 0 bridgehead atoms. The van der Waals surface area contributed by atoms with Crippen LogP contribution >= 0.6 is 0 Å². The van der Waals surface area contributed by atoms with Gasteiger partial charge in [-0.25, -0.2) is 0 Å². The van der Waals surface area contributed by atoms with E-state index in [2.05, 4.69) is 10.2 Å². The highest BCUT2D eigenvalue weighted by atomic mass is 16.5. The normalized spacial score (nSPS) is 15.1. The zero-order chi connectivity index (χ0) is 18.0. The van der Waals surface area contributed by atoms with Gasteiger partial charge in [0.15, 0.2) is 0 Å². The van der Waals surface area contributed by atoms with Crippen LogP contribution in [0.15, 0.2) is 60.7 Å². The fourth-order valence-electron chi connectivity index (χ4n) is 3.03. The molecule has 0 unspecified atom stereocenters. The minimum atomic E-state index is -0.248. The number of amides is 1. The monoisotopic (exact) mass is 354 g/mol. The second-order valence-electron chi connectivity index (χ2n) is 6.32. The van der Waals surface area contributed by atoms with E-state index in [0.29, 0.717) is 6.54 Å². The number of rotatable bonds is 8. The van der Waals surface area contributed by atoms with Gasteiger partial charge in [-0.2, -0.15) is 0 Å². The summed E-state index contributed by atoms with van der Waals surface area (Å²) in [4.78, 5) is 14.5. The molecule has 0 spiro atoms. The number of hydrogen-bond acceptors (Lipinski definition) is 4. The van der Waals surface area contributed by atoms with Crippen LogP contribution in [-0.2, 0) is 14.3 Å². The molecule has 2 aromatic carbocycles. The van der Waals surface area contributed by atoms with Crippen LogP contribution in [0.3, 0.4) is 0 Å². The van der Waals surface area contributed by atoms with Crippen molar-refractivity contribution >= 4 is 5.91 Å². The van der Waals surface area contributed by atoms with Crippen molar-refractivity contribution in [1.82, 2.24) is 10.2 Å². The van der Waals surface area contributed by atoms with E-state index < -0.39 is 0 Å². The molecule has 0 aliphatic carbocycles. The Morgan fingerprint density at radius 2 is 1.58 bits per heavy atom. The summed E-state index contributed by atoms with van der Waals surface area (Å²) < 4.78 is 11.3. The quantitative estimate of drug-likeness (QED) is 0.790. The molecule has 5 heteroatoms. The first kappa shape index (κ1) is 18.6. The maximum Gasteiger partial charge on any atom is 0.246 e. The van der Waals surface area contributed by atoms with E-state index in [1.165, 1.54) is 0 Å². The van der Waals surface area contributed by atoms with Crippen molar-refractivity contribution in [3.63, 3.8) is 0 Å². The first-order valence-electron chi connectivity index (χ1n) is 9.11. The summed E-state index contributed by atoms with van der Waals surface area (Å²) in [6.07, 6.45) is -0.248. The molecule has 1 aliphatic rings. The number of benzene rings is 2. The molecule has 1 amide bonds. The van der Waals surface area contributed by atoms with E-state index in [1.807, 2.05) is 60.7 Å². The van der Waals surface area contributed by atoms with Gasteiger partial charge in [-0.15, -0.1) is 0 Å². The molecule has 1 N–H and O–H groups in total. The molecule has 0 atom stereocenters. The second-order valence-corrected chi connectivity index (χ2v) is 6.32. The van der Waals surface area contributed by atoms with Gasteiger partial charge in [0.1, 0.15) is 12.7 Å². The molecule has 26 heavy (non-hydrogen) atoms. The van der Waals surface area contributed by atoms with Crippen molar-refractivity contribution in [2.75, 3.05) is 46.0 Å². The molecular formula is C21H26N2O3. The Bertz CT molecular complexity index is 618. The highest BCUT2D eigenvalue weighted by Crippen LogP contribution is 2.25. The summed E-state index contributed by atoms with van der Waals surface area (Å²) in [6.45, 7) is 4.91. The zero-order valence-corrected chi connectivity index (χ0v) is 15.0. The van der Waals surface area contributed by atoms with Gasteiger partial charge in [0.05, 0.1) is 13.2 Å². The average Bonchev–Trinajstić information content (AvgIpc) is 2.71. The molecule has 1 heterocycles. The number of ether oxygens (including phenoxy) is 2. The molecule has 0 aromatic heterocycles. The van der Waals surface area contributed by atoms with Gasteiger partial charge >= 0.3 is 0 Å². The summed E-state index contributed by atoms with van der Waals surface area (Å²) in [5.74, 6) is -0.0879. The summed E-state index contributed by atoms with van der Waals surface area (Å²) in [7, 11) is 0. The van der Waals surface area contributed by atoms with Gasteiger partial charge in [-0.3, -0.25) is 9.69 Å². The fraction of sp³-hybridized carbons (Fsp3) is 0.381. The Labute approximate surface area is 154 Å². The van der Waals surface area contributed by atoms with Crippen LogP contribution in [0.4, 0.5) is 0 Å². The number of nitrogens with zero attached hydrogens (tertiary/aromatic N) is 1. The predicted molar refractivity (Wildman–Crippen MR) is 101 cm³/mol. The minimum Gasteiger partial charge on any atom is -0.379 e. The van der Waals surface area contributed by atoms with Crippen molar-refractivity contribution in [3.8, 4) is 0 Å². The third kappa shape index (κ3) is 5.66. The Morgan fingerprint density at radius 1 is 1.00 bits per heavy atom. The van der Waals surface area contributed by atoms with Gasteiger partial charge in [-0.05, 0) is 11.1 Å². The molecule has 5 nitrogen and oxygen atoms in total. The van der Waals surface area contributed by atoms with Crippen molar-refractivity contribution in [2.24, 2.45) is 0 Å². The number of morpholine rings is 1. The van der Waals surface area contributed by atoms with Gasteiger partial charge in [0.2, 0.25) is 5.91 Å². The largest absolute Gasteiger partial charge is 0.379 e. The van der Waals surface area contributed by atoms with E-state index >= 15 is 0 Å². The van der Waals surface area contributed by atoms with E-state index in [1.54, 1.807) is 0 Å². The van der Waals surface area contributed by atoms with Crippen molar-refractivity contribution in [1.29, 1.82) is 0 Å². The maximum atomic E-state index is 12.2. The lowest BCUT2D eigenvalue weighted by atomic mass is 10.0. The van der Waals surface area contributed by atoms with E-state index in [4.69, 9.17) is 9.47 Å². The van der Waals surface area contributed by atoms with Crippen molar-refractivity contribution in [2.45, 2.75) is 6.10 Å². The highest BCUT2D eigenvalue weighted by molar-refractivity contribution is 5.77. The first-order chi connectivity index (χ1) is 12.8. The summed E-state index contributed by atoms with van der Waals surface area (Å²) in [6, 6.07) is 20.0. The SMILES string of the molecule is O=C(COC(c1ccccc1)c1ccccc1)NCCN1CCOCC1. The summed E-state index contributed by atoms with van der Waals surface area (Å²) >= 11 is 0. The molecule has 2 aromatic rings. The minimum absolute atomic E-state index is 0.0393. The van der Waals surface area contributed by atoms with E-state index in [9.17, 15) is 4.79 Å². The Hall–Kier alpha value is -2.21. The molecule has 1 saturated heterocycles. The van der Waals surface area contributed by atoms with Crippen LogP contribution in [0.1, 0.15) is 17.2 Å². The van der Waals surface area contributed by atoms with Crippen LogP contribution in [0.5, 0.6) is 0 Å². The number of hydrogen-bond donors (Lipinski definition) is 1. The highest BCUT2D eigenvalue weighted by Gasteiger charge is 2.16. The lowest BCUT2D eigenvalue weighted by Gasteiger charge is -2.26. The third-order valence-corrected chi connectivity index (χ3v) is 4.44. The Balaban J connectivity index is 1.50. The summed E-state index contributed by atoms with van der Waals surface area (Å²) in [5.41, 5.74) is 2.08. The number of carbonyl (C=O) groups excluding carboxylic acids is 1. The zero-order valence-electron chi connectivity index (χ0n) is 15.0. The maximum absolute atomic E-state index is 12.2. The van der Waals surface area contributed by atoms with Crippen LogP contribution in [0.2, 0.25) is 0 Å². The number of nitrogens with one attached hydrogen (secondary N) is 1. The molecule has 138 valence electrons. The van der Waals surface area contributed by atoms with Crippen LogP contribution < -0.4 is 5.32 Å². The molecule has 3 rings (SSSR count). The summed E-state index contributed by atoms with van der Waals surface area (Å²) in [5, 5.41) is 2.94. The third-order valence-electron chi connectivity index (χ3n) is 4.44. The lowest BCUT2D eigenvalue weighted by Crippen LogP contribution is -2.42. The molecule has 1 aliphatic heterocycles.